The maximum Gasteiger partial charge on any atom is 0.0492 e. The largest absolute Gasteiger partial charge is 0.0804 e. The molecule has 0 heterocycles. The molecule has 0 bridgehead atoms. The van der Waals surface area contributed by atoms with Gasteiger partial charge in [0.2, 0.25) is 0 Å². The van der Waals surface area contributed by atoms with Gasteiger partial charge >= 0.3 is 0 Å². The molecule has 1 rings (SSSR count). The molecule has 0 aromatic rings. The maximum absolute atomic E-state index is 2.61. The molecule has 0 aliphatic heterocycles. The van der Waals surface area contributed by atoms with Crippen LogP contribution >= 0.6 is 0 Å². The van der Waals surface area contributed by atoms with Gasteiger partial charge in [-0.3, -0.25) is 0 Å². The molecule has 0 saturated carbocycles. The molecule has 0 fully saturated rings. The number of rotatable bonds is 4. The standard InChI is InChI=1S/C13H28Si3/c1-14(2)16(6,7)13-9-8-12(10-13)11-15(3,4)5/h8-10,13-14H,11H2,1-7H3. The highest BCUT2D eigenvalue weighted by Gasteiger charge is 2.34. The van der Waals surface area contributed by atoms with Crippen LogP contribution in [0.5, 0.6) is 0 Å². The fourth-order valence-corrected chi connectivity index (χ4v) is 8.54. The highest BCUT2D eigenvalue weighted by molar-refractivity contribution is 7.32. The molecule has 0 aromatic heterocycles. The second-order valence-electron chi connectivity index (χ2n) is 7.34. The molecular formula is C13H28Si3. The molecule has 1 aliphatic carbocycles. The van der Waals surface area contributed by atoms with Crippen LogP contribution in [0.15, 0.2) is 23.8 Å². The molecule has 92 valence electrons. The van der Waals surface area contributed by atoms with Crippen molar-refractivity contribution in [1.29, 1.82) is 0 Å². The van der Waals surface area contributed by atoms with E-state index in [1.165, 1.54) is 6.04 Å². The van der Waals surface area contributed by atoms with E-state index >= 15 is 0 Å². The minimum Gasteiger partial charge on any atom is -0.0804 e. The van der Waals surface area contributed by atoms with Crippen molar-refractivity contribution in [2.24, 2.45) is 0 Å². The average molecular weight is 269 g/mol. The highest BCUT2D eigenvalue weighted by atomic mass is 29.2. The highest BCUT2D eigenvalue weighted by Crippen LogP contribution is 2.35. The minimum atomic E-state index is -0.974. The molecule has 16 heavy (non-hydrogen) atoms. The van der Waals surface area contributed by atoms with Gasteiger partial charge in [-0.05, 0) is 11.6 Å². The topological polar surface area (TPSA) is 0 Å². The zero-order chi connectivity index (χ0) is 12.6. The van der Waals surface area contributed by atoms with Gasteiger partial charge in [0, 0.05) is 24.0 Å². The second kappa shape index (κ2) is 4.78. The molecule has 1 atom stereocenters. The lowest BCUT2D eigenvalue weighted by Crippen LogP contribution is -2.44. The molecule has 0 amide bonds. The fourth-order valence-electron chi connectivity index (χ4n) is 2.15. The average Bonchev–Trinajstić information content (AvgIpc) is 2.49. The molecule has 1 aliphatic rings. The Hall–Kier alpha value is 0.131. The van der Waals surface area contributed by atoms with Crippen LogP contribution < -0.4 is 0 Å². The lowest BCUT2D eigenvalue weighted by Gasteiger charge is -2.30. The first-order valence-corrected chi connectivity index (χ1v) is 17.4. The zero-order valence-corrected chi connectivity index (χ0v) is 15.2. The van der Waals surface area contributed by atoms with Gasteiger partial charge in [-0.1, -0.05) is 69.6 Å². The van der Waals surface area contributed by atoms with Crippen molar-refractivity contribution in [3.05, 3.63) is 23.8 Å². The third-order valence-electron chi connectivity index (χ3n) is 3.99. The number of allylic oxidation sites excluding steroid dienone is 4. The molecule has 0 saturated heterocycles. The molecule has 3 heteroatoms. The van der Waals surface area contributed by atoms with Gasteiger partial charge in [0.1, 0.15) is 0 Å². The Balaban J connectivity index is 2.75. The Labute approximate surface area is 105 Å². The first-order valence-electron chi connectivity index (χ1n) is 6.52. The van der Waals surface area contributed by atoms with Gasteiger partial charge in [-0.2, -0.15) is 0 Å². The van der Waals surface area contributed by atoms with Gasteiger partial charge in [0.15, 0.2) is 0 Å². The molecule has 0 spiro atoms. The van der Waals surface area contributed by atoms with E-state index in [-0.39, 0.29) is 0 Å². The zero-order valence-electron chi connectivity index (χ0n) is 12.1. The first kappa shape index (κ1) is 14.2. The Morgan fingerprint density at radius 1 is 1.12 bits per heavy atom. The smallest absolute Gasteiger partial charge is 0.0492 e. The molecule has 1 unspecified atom stereocenters. The molecule has 0 nitrogen and oxygen atoms in total. The van der Waals surface area contributed by atoms with Gasteiger partial charge in [-0.25, -0.2) is 0 Å². The van der Waals surface area contributed by atoms with Crippen molar-refractivity contribution in [1.82, 2.24) is 0 Å². The van der Waals surface area contributed by atoms with Crippen LogP contribution in [0.2, 0.25) is 57.4 Å². The van der Waals surface area contributed by atoms with E-state index in [0.717, 1.165) is 5.54 Å². The Morgan fingerprint density at radius 2 is 1.69 bits per heavy atom. The summed E-state index contributed by atoms with van der Waals surface area (Å²) in [5.74, 6) is 0. The molecular weight excluding hydrogens is 240 g/mol. The van der Waals surface area contributed by atoms with Crippen LogP contribution in [-0.4, -0.2) is 24.0 Å². The third kappa shape index (κ3) is 3.57. The van der Waals surface area contributed by atoms with Gasteiger partial charge < -0.3 is 0 Å². The van der Waals surface area contributed by atoms with E-state index in [2.05, 4.69) is 64.1 Å². The molecule has 0 N–H and O–H groups in total. The summed E-state index contributed by atoms with van der Waals surface area (Å²) >= 11 is 0. The summed E-state index contributed by atoms with van der Waals surface area (Å²) in [6.07, 6.45) is 7.54. The van der Waals surface area contributed by atoms with E-state index < -0.39 is 24.0 Å². The quantitative estimate of drug-likeness (QED) is 0.660. The monoisotopic (exact) mass is 268 g/mol. The van der Waals surface area contributed by atoms with Crippen molar-refractivity contribution < 1.29 is 0 Å². The van der Waals surface area contributed by atoms with E-state index in [0.29, 0.717) is 0 Å². The summed E-state index contributed by atoms with van der Waals surface area (Å²) < 4.78 is 0. The fraction of sp³-hybridized carbons (Fsp3) is 0.692. The van der Waals surface area contributed by atoms with Gasteiger partial charge in [0.05, 0.1) is 0 Å². The normalized spacial score (nSPS) is 21.8. The summed E-state index contributed by atoms with van der Waals surface area (Å²) in [5, 5.41) is 0. The van der Waals surface area contributed by atoms with Crippen molar-refractivity contribution in [2.45, 2.75) is 57.4 Å². The van der Waals surface area contributed by atoms with Crippen molar-refractivity contribution >= 4 is 24.0 Å². The van der Waals surface area contributed by atoms with Crippen LogP contribution in [-0.2, 0) is 0 Å². The van der Waals surface area contributed by atoms with E-state index in [9.17, 15) is 0 Å². The summed E-state index contributed by atoms with van der Waals surface area (Å²) in [6, 6.07) is 1.37. The first-order chi connectivity index (χ1) is 7.13. The van der Waals surface area contributed by atoms with Crippen LogP contribution in [0.3, 0.4) is 0 Å². The summed E-state index contributed by atoms with van der Waals surface area (Å²) in [7, 11) is -2.36. The molecule has 0 radical (unpaired) electrons. The lowest BCUT2D eigenvalue weighted by atomic mass is 10.3. The minimum absolute atomic E-state index is 0.459. The second-order valence-corrected chi connectivity index (χ2v) is 27.4. The summed E-state index contributed by atoms with van der Waals surface area (Å²) in [5.41, 5.74) is 2.48. The number of hydrogen-bond donors (Lipinski definition) is 0. The molecule has 0 aromatic carbocycles. The van der Waals surface area contributed by atoms with Crippen molar-refractivity contribution in [2.75, 3.05) is 0 Å². The predicted octanol–water partition coefficient (Wildman–Crippen LogP) is 4.46. The van der Waals surface area contributed by atoms with Crippen LogP contribution in [0.1, 0.15) is 0 Å². The Bertz CT molecular complexity index is 306. The predicted molar refractivity (Wildman–Crippen MR) is 85.5 cm³/mol. The van der Waals surface area contributed by atoms with Crippen molar-refractivity contribution in [3.8, 4) is 0 Å². The van der Waals surface area contributed by atoms with Crippen LogP contribution in [0, 0.1) is 0 Å². The Kier molecular flexibility index (Phi) is 4.24. The van der Waals surface area contributed by atoms with E-state index in [1.807, 2.05) is 0 Å². The third-order valence-corrected chi connectivity index (χ3v) is 20.6. The SMILES string of the molecule is C[SiH](C)[Si](C)(C)C1C=CC(C[Si](C)(C)C)=C1. The number of hydrogen-bond acceptors (Lipinski definition) is 0. The van der Waals surface area contributed by atoms with Gasteiger partial charge in [0.25, 0.3) is 0 Å². The van der Waals surface area contributed by atoms with E-state index in [1.54, 1.807) is 5.57 Å². The lowest BCUT2D eigenvalue weighted by molar-refractivity contribution is 1.30. The van der Waals surface area contributed by atoms with Crippen molar-refractivity contribution in [3.63, 3.8) is 0 Å². The van der Waals surface area contributed by atoms with E-state index in [4.69, 9.17) is 0 Å². The summed E-state index contributed by atoms with van der Waals surface area (Å²) in [4.78, 5) is 0. The van der Waals surface area contributed by atoms with Crippen LogP contribution in [0.4, 0.5) is 0 Å². The van der Waals surface area contributed by atoms with Gasteiger partial charge in [-0.15, -0.1) is 0 Å². The van der Waals surface area contributed by atoms with Crippen LogP contribution in [0.25, 0.3) is 0 Å². The Morgan fingerprint density at radius 3 is 2.12 bits per heavy atom. The maximum atomic E-state index is 2.61. The summed E-state index contributed by atoms with van der Waals surface area (Å²) in [6.45, 7) is 17.6.